The van der Waals surface area contributed by atoms with Gasteiger partial charge in [-0.05, 0) is 20.5 Å². The summed E-state index contributed by atoms with van der Waals surface area (Å²) in [5.74, 6) is -0.0708. The lowest BCUT2D eigenvalue weighted by atomic mass is 10.3. The lowest BCUT2D eigenvalue weighted by molar-refractivity contribution is -0.134. The van der Waals surface area contributed by atoms with Gasteiger partial charge >= 0.3 is 0 Å². The Labute approximate surface area is 92.0 Å². The molecule has 0 bridgehead atoms. The van der Waals surface area contributed by atoms with Crippen LogP contribution in [0, 0.1) is 0 Å². The number of carbonyl (C=O) groups is 2. The van der Waals surface area contributed by atoms with Crippen LogP contribution >= 0.6 is 0 Å². The molecule has 15 heavy (non-hydrogen) atoms. The molecule has 0 unspecified atom stereocenters. The highest BCUT2D eigenvalue weighted by molar-refractivity contribution is 6.04. The van der Waals surface area contributed by atoms with Crippen LogP contribution in [-0.2, 0) is 9.59 Å². The summed E-state index contributed by atoms with van der Waals surface area (Å²) in [5, 5.41) is 5.35. The molecule has 0 fully saturated rings. The first-order chi connectivity index (χ1) is 7.11. The van der Waals surface area contributed by atoms with Gasteiger partial charge in [-0.15, -0.1) is 0 Å². The minimum absolute atomic E-state index is 0.0137. The van der Waals surface area contributed by atoms with Crippen LogP contribution in [0.1, 0.15) is 13.3 Å². The average Bonchev–Trinajstić information content (AvgIpc) is 2.20. The van der Waals surface area contributed by atoms with Crippen molar-refractivity contribution in [1.29, 1.82) is 0 Å². The molecule has 0 heterocycles. The van der Waals surface area contributed by atoms with E-state index in [-0.39, 0.29) is 18.2 Å². The molecule has 0 saturated heterocycles. The molecule has 2 N–H and O–H groups in total. The SMILES string of the molecule is [B]NCCC(=O)N(CCNC)CC(C)=O. The van der Waals surface area contributed by atoms with E-state index in [1.54, 1.807) is 7.05 Å². The van der Waals surface area contributed by atoms with E-state index in [0.29, 0.717) is 26.1 Å². The Bertz CT molecular complexity index is 212. The number of hydrogen-bond acceptors (Lipinski definition) is 4. The fraction of sp³-hybridized carbons (Fsp3) is 0.778. The first kappa shape index (κ1) is 14.1. The number of ketones is 1. The van der Waals surface area contributed by atoms with Gasteiger partial charge in [-0.2, -0.15) is 0 Å². The van der Waals surface area contributed by atoms with Gasteiger partial charge in [0, 0.05) is 19.5 Å². The van der Waals surface area contributed by atoms with E-state index in [1.807, 2.05) is 0 Å². The molecule has 1 amide bonds. The second kappa shape index (κ2) is 8.43. The lowest BCUT2D eigenvalue weighted by Crippen LogP contribution is -2.40. The summed E-state index contributed by atoms with van der Waals surface area (Å²) in [7, 11) is 6.88. The molecule has 0 aliphatic heterocycles. The summed E-state index contributed by atoms with van der Waals surface area (Å²) in [6, 6.07) is 0. The summed E-state index contributed by atoms with van der Waals surface area (Å²) < 4.78 is 0. The zero-order valence-electron chi connectivity index (χ0n) is 9.38. The molecule has 0 rings (SSSR count). The summed E-state index contributed by atoms with van der Waals surface area (Å²) in [6.07, 6.45) is 0.313. The number of amides is 1. The molecular weight excluding hydrogens is 193 g/mol. The van der Waals surface area contributed by atoms with E-state index in [9.17, 15) is 9.59 Å². The van der Waals surface area contributed by atoms with E-state index in [2.05, 4.69) is 10.5 Å². The molecule has 2 radical (unpaired) electrons. The van der Waals surface area contributed by atoms with Crippen LogP contribution in [0.2, 0.25) is 0 Å². The van der Waals surface area contributed by atoms with Crippen molar-refractivity contribution in [3.05, 3.63) is 0 Å². The molecule has 5 nitrogen and oxygen atoms in total. The van der Waals surface area contributed by atoms with Gasteiger partial charge in [-0.3, -0.25) is 9.59 Å². The highest BCUT2D eigenvalue weighted by Gasteiger charge is 2.13. The van der Waals surface area contributed by atoms with Crippen molar-refractivity contribution in [2.45, 2.75) is 13.3 Å². The Balaban J connectivity index is 4.07. The quantitative estimate of drug-likeness (QED) is 0.489. The number of likely N-dealkylation sites (N-methyl/N-ethyl adjacent to an activating group) is 1. The van der Waals surface area contributed by atoms with Gasteiger partial charge in [-0.1, -0.05) is 0 Å². The van der Waals surface area contributed by atoms with E-state index in [4.69, 9.17) is 7.98 Å². The predicted octanol–water partition coefficient (Wildman–Crippen LogP) is -1.31. The molecule has 0 aromatic heterocycles. The topological polar surface area (TPSA) is 61.4 Å². The van der Waals surface area contributed by atoms with Gasteiger partial charge in [0.15, 0.2) is 7.98 Å². The summed E-state index contributed by atoms with van der Waals surface area (Å²) in [4.78, 5) is 24.1. The fourth-order valence-corrected chi connectivity index (χ4v) is 1.14. The maximum absolute atomic E-state index is 11.6. The van der Waals surface area contributed by atoms with Crippen molar-refractivity contribution in [1.82, 2.24) is 15.4 Å². The van der Waals surface area contributed by atoms with Gasteiger partial charge in [0.05, 0.1) is 6.54 Å². The normalized spacial score (nSPS) is 10.0. The van der Waals surface area contributed by atoms with Crippen LogP contribution in [-0.4, -0.2) is 57.8 Å². The van der Waals surface area contributed by atoms with Crippen molar-refractivity contribution in [2.75, 3.05) is 33.2 Å². The van der Waals surface area contributed by atoms with Gasteiger partial charge < -0.3 is 15.4 Å². The number of hydrogen-bond donors (Lipinski definition) is 2. The number of nitrogens with one attached hydrogen (secondary N) is 2. The minimum Gasteiger partial charge on any atom is -0.366 e. The molecule has 6 heteroatoms. The summed E-state index contributed by atoms with van der Waals surface area (Å²) in [5.41, 5.74) is 0. The summed E-state index contributed by atoms with van der Waals surface area (Å²) in [6.45, 7) is 3.28. The number of carbonyl (C=O) groups excluding carboxylic acids is 2. The average molecular weight is 211 g/mol. The van der Waals surface area contributed by atoms with Crippen molar-refractivity contribution < 1.29 is 9.59 Å². The van der Waals surface area contributed by atoms with Crippen LogP contribution in [0.4, 0.5) is 0 Å². The number of nitrogens with zero attached hydrogens (tertiary/aromatic N) is 1. The molecule has 0 aromatic carbocycles. The van der Waals surface area contributed by atoms with E-state index in [0.717, 1.165) is 0 Å². The van der Waals surface area contributed by atoms with Crippen molar-refractivity contribution >= 4 is 19.7 Å². The van der Waals surface area contributed by atoms with Crippen LogP contribution < -0.4 is 10.5 Å². The molecule has 84 valence electrons. The molecular formula is C9H18BN3O2. The van der Waals surface area contributed by atoms with Crippen molar-refractivity contribution in [3.8, 4) is 0 Å². The fourth-order valence-electron chi connectivity index (χ4n) is 1.14. The Morgan fingerprint density at radius 3 is 2.47 bits per heavy atom. The molecule has 0 aromatic rings. The zero-order valence-corrected chi connectivity index (χ0v) is 9.38. The first-order valence-corrected chi connectivity index (χ1v) is 4.97. The zero-order chi connectivity index (χ0) is 11.7. The highest BCUT2D eigenvalue weighted by atomic mass is 16.2. The largest absolute Gasteiger partial charge is 0.366 e. The van der Waals surface area contributed by atoms with Crippen molar-refractivity contribution in [3.63, 3.8) is 0 Å². The first-order valence-electron chi connectivity index (χ1n) is 4.97. The van der Waals surface area contributed by atoms with Crippen molar-refractivity contribution in [2.24, 2.45) is 0 Å². The number of rotatable bonds is 8. The van der Waals surface area contributed by atoms with Crippen LogP contribution in [0.5, 0.6) is 0 Å². The third-order valence-corrected chi connectivity index (χ3v) is 1.88. The van der Waals surface area contributed by atoms with E-state index >= 15 is 0 Å². The maximum atomic E-state index is 11.6. The van der Waals surface area contributed by atoms with E-state index < -0.39 is 0 Å². The molecule has 0 aliphatic carbocycles. The Morgan fingerprint density at radius 1 is 1.33 bits per heavy atom. The second-order valence-corrected chi connectivity index (χ2v) is 3.32. The second-order valence-electron chi connectivity index (χ2n) is 3.32. The molecule has 0 saturated carbocycles. The molecule has 0 spiro atoms. The standard InChI is InChI=1S/C9H18BN3O2/c1-8(14)7-13(6-5-11-2)9(15)3-4-12-10/h11-12H,3-7H2,1-2H3. The van der Waals surface area contributed by atoms with Gasteiger partial charge in [-0.25, -0.2) is 0 Å². The third kappa shape index (κ3) is 7.10. The predicted molar refractivity (Wildman–Crippen MR) is 59.6 cm³/mol. The highest BCUT2D eigenvalue weighted by Crippen LogP contribution is 1.94. The molecule has 0 atom stereocenters. The molecule has 0 aliphatic rings. The minimum atomic E-state index is -0.0570. The van der Waals surface area contributed by atoms with Gasteiger partial charge in [0.2, 0.25) is 5.91 Å². The Hall–Kier alpha value is -0.875. The van der Waals surface area contributed by atoms with Crippen LogP contribution in [0.25, 0.3) is 0 Å². The van der Waals surface area contributed by atoms with Crippen LogP contribution in [0.15, 0.2) is 0 Å². The Kier molecular flexibility index (Phi) is 7.94. The summed E-state index contributed by atoms with van der Waals surface area (Å²) >= 11 is 0. The Morgan fingerprint density at radius 2 is 2.00 bits per heavy atom. The maximum Gasteiger partial charge on any atom is 0.224 e. The van der Waals surface area contributed by atoms with Crippen LogP contribution in [0.3, 0.4) is 0 Å². The van der Waals surface area contributed by atoms with E-state index in [1.165, 1.54) is 11.8 Å². The number of Topliss-reactive ketones (excluding diaryl/α,β-unsaturated/α-hetero) is 1. The third-order valence-electron chi connectivity index (χ3n) is 1.88. The monoisotopic (exact) mass is 211 g/mol. The lowest BCUT2D eigenvalue weighted by Gasteiger charge is -2.21. The van der Waals surface area contributed by atoms with Gasteiger partial charge in [0.1, 0.15) is 5.78 Å². The smallest absolute Gasteiger partial charge is 0.224 e. The van der Waals surface area contributed by atoms with Gasteiger partial charge in [0.25, 0.3) is 0 Å².